The van der Waals surface area contributed by atoms with E-state index in [4.69, 9.17) is 4.74 Å². The quantitative estimate of drug-likeness (QED) is 0.662. The lowest BCUT2D eigenvalue weighted by atomic mass is 10.4. The second kappa shape index (κ2) is 5.30. The van der Waals surface area contributed by atoms with Crippen LogP contribution in [0.1, 0.15) is 19.0 Å². The van der Waals surface area contributed by atoms with Crippen molar-refractivity contribution < 1.29 is 4.74 Å². The van der Waals surface area contributed by atoms with Crippen molar-refractivity contribution in [2.75, 3.05) is 6.61 Å². The fourth-order valence-electron chi connectivity index (χ4n) is 0.823. The predicted molar refractivity (Wildman–Crippen MR) is 51.7 cm³/mol. The molecule has 0 saturated carbocycles. The van der Waals surface area contributed by atoms with Gasteiger partial charge in [0.1, 0.15) is 6.61 Å². The lowest BCUT2D eigenvalue weighted by Crippen LogP contribution is -1.96. The van der Waals surface area contributed by atoms with Gasteiger partial charge in [-0.2, -0.15) is 0 Å². The highest BCUT2D eigenvalue weighted by Gasteiger charge is 1.92. The van der Waals surface area contributed by atoms with Crippen LogP contribution >= 0.6 is 0 Å². The van der Waals surface area contributed by atoms with E-state index in [1.165, 1.54) is 0 Å². The Hall–Kier alpha value is -1.38. The van der Waals surface area contributed by atoms with Crippen molar-refractivity contribution in [3.63, 3.8) is 0 Å². The van der Waals surface area contributed by atoms with Gasteiger partial charge < -0.3 is 4.74 Å². The summed E-state index contributed by atoms with van der Waals surface area (Å²) in [5.41, 5.74) is 0.899. The smallest absolute Gasteiger partial charge is 0.232 e. The Morgan fingerprint density at radius 2 is 2.15 bits per heavy atom. The number of allylic oxidation sites excluding steroid dienone is 1. The van der Waals surface area contributed by atoms with E-state index in [9.17, 15) is 0 Å². The zero-order valence-electron chi connectivity index (χ0n) is 8.03. The summed E-state index contributed by atoms with van der Waals surface area (Å²) < 4.78 is 5.30. The molecule has 1 aromatic heterocycles. The molecule has 1 heterocycles. The predicted octanol–water partition coefficient (Wildman–Crippen LogP) is 2.13. The van der Waals surface area contributed by atoms with E-state index in [1.807, 2.05) is 13.0 Å². The van der Waals surface area contributed by atoms with Crippen LogP contribution in [0.15, 0.2) is 24.5 Å². The van der Waals surface area contributed by atoms with Crippen LogP contribution in [0.3, 0.4) is 0 Å². The summed E-state index contributed by atoms with van der Waals surface area (Å²) in [6, 6.07) is 0. The Labute approximate surface area is 78.5 Å². The van der Waals surface area contributed by atoms with Gasteiger partial charge in [-0.3, -0.25) is 4.98 Å². The number of hydrogen-bond donors (Lipinski definition) is 0. The Morgan fingerprint density at radius 3 is 2.77 bits per heavy atom. The van der Waals surface area contributed by atoms with Gasteiger partial charge in [0.25, 0.3) is 0 Å². The van der Waals surface area contributed by atoms with Gasteiger partial charge >= 0.3 is 0 Å². The van der Waals surface area contributed by atoms with E-state index in [0.29, 0.717) is 12.5 Å². The van der Waals surface area contributed by atoms with Crippen LogP contribution in [0.5, 0.6) is 5.88 Å². The number of aromatic nitrogens is 2. The second-order valence-electron chi connectivity index (χ2n) is 2.69. The highest BCUT2D eigenvalue weighted by atomic mass is 16.5. The standard InChI is InChI=1S/C10H14N2O/c1-3-4-5-6-13-10-8-11-9(2)7-12-10/h4-5,7-8H,3,6H2,1-2H3/b5-4-. The molecule has 0 bridgehead atoms. The molecule has 0 radical (unpaired) electrons. The number of hydrogen-bond acceptors (Lipinski definition) is 3. The largest absolute Gasteiger partial charge is 0.472 e. The van der Waals surface area contributed by atoms with Crippen molar-refractivity contribution in [3.8, 4) is 5.88 Å². The van der Waals surface area contributed by atoms with Crippen molar-refractivity contribution in [1.82, 2.24) is 9.97 Å². The second-order valence-corrected chi connectivity index (χ2v) is 2.69. The minimum Gasteiger partial charge on any atom is -0.472 e. The highest BCUT2D eigenvalue weighted by molar-refractivity contribution is 5.06. The number of rotatable bonds is 4. The van der Waals surface area contributed by atoms with E-state index >= 15 is 0 Å². The lowest BCUT2D eigenvalue weighted by molar-refractivity contribution is 0.346. The van der Waals surface area contributed by atoms with Gasteiger partial charge in [-0.05, 0) is 13.3 Å². The molecule has 0 aliphatic heterocycles. The number of aryl methyl sites for hydroxylation is 1. The van der Waals surface area contributed by atoms with E-state index < -0.39 is 0 Å². The number of ether oxygens (including phenoxy) is 1. The van der Waals surface area contributed by atoms with Gasteiger partial charge in [-0.1, -0.05) is 19.1 Å². The molecular weight excluding hydrogens is 164 g/mol. The van der Waals surface area contributed by atoms with Crippen LogP contribution in [-0.4, -0.2) is 16.6 Å². The minimum atomic E-state index is 0.561. The van der Waals surface area contributed by atoms with Crippen LogP contribution in [0.4, 0.5) is 0 Å². The average molecular weight is 178 g/mol. The lowest BCUT2D eigenvalue weighted by Gasteiger charge is -2.00. The van der Waals surface area contributed by atoms with Crippen LogP contribution in [-0.2, 0) is 0 Å². The maximum Gasteiger partial charge on any atom is 0.232 e. The molecule has 0 aromatic carbocycles. The molecule has 0 fully saturated rings. The molecule has 3 heteroatoms. The van der Waals surface area contributed by atoms with Crippen LogP contribution < -0.4 is 4.74 Å². The summed E-state index contributed by atoms with van der Waals surface area (Å²) in [5.74, 6) is 0.575. The van der Waals surface area contributed by atoms with Crippen molar-refractivity contribution in [2.45, 2.75) is 20.3 Å². The molecule has 0 unspecified atom stereocenters. The Bertz CT molecular complexity index is 267. The molecule has 0 aliphatic rings. The Kier molecular flexibility index (Phi) is 3.96. The number of nitrogens with zero attached hydrogens (tertiary/aromatic N) is 2. The highest BCUT2D eigenvalue weighted by Crippen LogP contribution is 2.02. The summed E-state index contributed by atoms with van der Waals surface area (Å²) in [4.78, 5) is 8.12. The maximum atomic E-state index is 5.30. The van der Waals surface area contributed by atoms with E-state index in [2.05, 4.69) is 23.0 Å². The molecule has 70 valence electrons. The normalized spacial score (nSPS) is 10.6. The third-order valence-corrected chi connectivity index (χ3v) is 1.49. The molecule has 0 saturated heterocycles. The summed E-state index contributed by atoms with van der Waals surface area (Å²) in [7, 11) is 0. The monoisotopic (exact) mass is 178 g/mol. The average Bonchev–Trinajstić information content (AvgIpc) is 2.15. The topological polar surface area (TPSA) is 35.0 Å². The van der Waals surface area contributed by atoms with Gasteiger partial charge in [0.15, 0.2) is 0 Å². The molecule has 0 spiro atoms. The first-order valence-electron chi connectivity index (χ1n) is 4.39. The van der Waals surface area contributed by atoms with Crippen LogP contribution in [0.2, 0.25) is 0 Å². The van der Waals surface area contributed by atoms with E-state index in [0.717, 1.165) is 12.1 Å². The molecule has 3 nitrogen and oxygen atoms in total. The molecule has 1 aromatic rings. The van der Waals surface area contributed by atoms with Crippen molar-refractivity contribution in [3.05, 3.63) is 30.2 Å². The molecule has 1 rings (SSSR count). The fourth-order valence-corrected chi connectivity index (χ4v) is 0.823. The first-order chi connectivity index (χ1) is 6.33. The van der Waals surface area contributed by atoms with Gasteiger partial charge in [0.2, 0.25) is 5.88 Å². The summed E-state index contributed by atoms with van der Waals surface area (Å²) in [5, 5.41) is 0. The minimum absolute atomic E-state index is 0.561. The van der Waals surface area contributed by atoms with Crippen molar-refractivity contribution in [1.29, 1.82) is 0 Å². The van der Waals surface area contributed by atoms with Crippen LogP contribution in [0.25, 0.3) is 0 Å². The van der Waals surface area contributed by atoms with E-state index in [-0.39, 0.29) is 0 Å². The zero-order chi connectivity index (χ0) is 9.52. The third kappa shape index (κ3) is 3.69. The van der Waals surface area contributed by atoms with Gasteiger partial charge in [0.05, 0.1) is 18.1 Å². The summed E-state index contributed by atoms with van der Waals surface area (Å²) in [6.07, 6.45) is 8.39. The SMILES string of the molecule is CC/C=C\COc1cnc(C)cn1. The van der Waals surface area contributed by atoms with Gasteiger partial charge in [-0.15, -0.1) is 0 Å². The first-order valence-corrected chi connectivity index (χ1v) is 4.39. The molecule has 0 amide bonds. The maximum absolute atomic E-state index is 5.30. The first kappa shape index (κ1) is 9.71. The Balaban J connectivity index is 2.37. The summed E-state index contributed by atoms with van der Waals surface area (Å²) in [6.45, 7) is 4.54. The van der Waals surface area contributed by atoms with E-state index in [1.54, 1.807) is 12.4 Å². The molecule has 0 atom stereocenters. The molecule has 13 heavy (non-hydrogen) atoms. The molecule has 0 aliphatic carbocycles. The zero-order valence-corrected chi connectivity index (χ0v) is 8.03. The van der Waals surface area contributed by atoms with Gasteiger partial charge in [-0.25, -0.2) is 4.98 Å². The molecular formula is C10H14N2O. The summed E-state index contributed by atoms with van der Waals surface area (Å²) >= 11 is 0. The molecule has 0 N–H and O–H groups in total. The fraction of sp³-hybridized carbons (Fsp3) is 0.400. The van der Waals surface area contributed by atoms with Crippen LogP contribution in [0, 0.1) is 6.92 Å². The van der Waals surface area contributed by atoms with Gasteiger partial charge in [0, 0.05) is 0 Å². The van der Waals surface area contributed by atoms with Crippen molar-refractivity contribution in [2.24, 2.45) is 0 Å². The Morgan fingerprint density at radius 1 is 1.31 bits per heavy atom. The van der Waals surface area contributed by atoms with Crippen molar-refractivity contribution >= 4 is 0 Å². The third-order valence-electron chi connectivity index (χ3n) is 1.49.